The van der Waals surface area contributed by atoms with Crippen LogP contribution < -0.4 is 10.2 Å². The van der Waals surface area contributed by atoms with Gasteiger partial charge < -0.3 is 15.1 Å². The van der Waals surface area contributed by atoms with Gasteiger partial charge in [0.05, 0.1) is 0 Å². The van der Waals surface area contributed by atoms with Gasteiger partial charge >= 0.3 is 0 Å². The molecule has 1 aliphatic heterocycles. The smallest absolute Gasteiger partial charge is 0.0367 e. The van der Waals surface area contributed by atoms with Crippen LogP contribution in [0.4, 0.5) is 11.4 Å². The molecule has 2 rings (SSSR count). The fourth-order valence-electron chi connectivity index (χ4n) is 2.48. The summed E-state index contributed by atoms with van der Waals surface area (Å²) in [5, 5.41) is 3.15. The summed E-state index contributed by atoms with van der Waals surface area (Å²) in [6.07, 6.45) is 2.53. The Labute approximate surface area is 104 Å². The van der Waals surface area contributed by atoms with Crippen molar-refractivity contribution in [1.29, 1.82) is 0 Å². The van der Waals surface area contributed by atoms with E-state index in [1.807, 2.05) is 7.05 Å². The summed E-state index contributed by atoms with van der Waals surface area (Å²) in [4.78, 5) is 4.83. The van der Waals surface area contributed by atoms with Crippen molar-refractivity contribution in [2.24, 2.45) is 0 Å². The number of piperidine rings is 1. The average molecular weight is 233 g/mol. The molecule has 94 valence electrons. The second kappa shape index (κ2) is 5.41. The van der Waals surface area contributed by atoms with Crippen LogP contribution in [0.2, 0.25) is 0 Å². The highest BCUT2D eigenvalue weighted by atomic mass is 15.2. The van der Waals surface area contributed by atoms with Gasteiger partial charge in [0.15, 0.2) is 0 Å². The zero-order valence-corrected chi connectivity index (χ0v) is 11.1. The van der Waals surface area contributed by atoms with E-state index in [-0.39, 0.29) is 0 Å². The Bertz CT molecular complexity index is 337. The third-order valence-corrected chi connectivity index (χ3v) is 3.72. The largest absolute Gasteiger partial charge is 0.388 e. The molecular weight excluding hydrogens is 210 g/mol. The predicted molar refractivity (Wildman–Crippen MR) is 74.9 cm³/mol. The van der Waals surface area contributed by atoms with Crippen LogP contribution in [0.1, 0.15) is 12.8 Å². The lowest BCUT2D eigenvalue weighted by Gasteiger charge is -2.36. The van der Waals surface area contributed by atoms with E-state index in [1.165, 1.54) is 37.3 Å². The summed E-state index contributed by atoms with van der Waals surface area (Å²) in [6.45, 7) is 2.34. The summed E-state index contributed by atoms with van der Waals surface area (Å²) < 4.78 is 0. The van der Waals surface area contributed by atoms with Crippen LogP contribution >= 0.6 is 0 Å². The quantitative estimate of drug-likeness (QED) is 0.864. The van der Waals surface area contributed by atoms with E-state index in [4.69, 9.17) is 0 Å². The van der Waals surface area contributed by atoms with Gasteiger partial charge in [-0.25, -0.2) is 0 Å². The molecule has 1 aromatic rings. The monoisotopic (exact) mass is 233 g/mol. The van der Waals surface area contributed by atoms with Gasteiger partial charge in [0.2, 0.25) is 0 Å². The van der Waals surface area contributed by atoms with Crippen molar-refractivity contribution in [2.75, 3.05) is 44.4 Å². The van der Waals surface area contributed by atoms with Gasteiger partial charge in [0, 0.05) is 37.6 Å². The van der Waals surface area contributed by atoms with E-state index in [0.29, 0.717) is 0 Å². The third kappa shape index (κ3) is 2.91. The Balaban J connectivity index is 1.95. The molecule has 3 nitrogen and oxygen atoms in total. The molecule has 0 amide bonds. The highest BCUT2D eigenvalue weighted by Crippen LogP contribution is 2.23. The van der Waals surface area contributed by atoms with E-state index < -0.39 is 0 Å². The lowest BCUT2D eigenvalue weighted by molar-refractivity contribution is 0.249. The predicted octanol–water partition coefficient (Wildman–Crippen LogP) is 2.26. The first kappa shape index (κ1) is 12.2. The Morgan fingerprint density at radius 1 is 1.12 bits per heavy atom. The van der Waals surface area contributed by atoms with E-state index in [2.05, 4.69) is 53.5 Å². The fourth-order valence-corrected chi connectivity index (χ4v) is 2.48. The van der Waals surface area contributed by atoms with Crippen molar-refractivity contribution in [2.45, 2.75) is 18.9 Å². The highest BCUT2D eigenvalue weighted by molar-refractivity contribution is 5.55. The summed E-state index contributed by atoms with van der Waals surface area (Å²) in [5.41, 5.74) is 2.53. The summed E-state index contributed by atoms with van der Waals surface area (Å²) >= 11 is 0. The van der Waals surface area contributed by atoms with Crippen molar-refractivity contribution in [3.8, 4) is 0 Å². The molecule has 0 aromatic heterocycles. The molecule has 0 radical (unpaired) electrons. The van der Waals surface area contributed by atoms with E-state index in [0.717, 1.165) is 6.04 Å². The molecule has 1 saturated heterocycles. The minimum atomic E-state index is 0.753. The maximum atomic E-state index is 3.15. The molecule has 0 atom stereocenters. The maximum absolute atomic E-state index is 3.15. The van der Waals surface area contributed by atoms with Gasteiger partial charge in [-0.3, -0.25) is 0 Å². The van der Waals surface area contributed by atoms with Crippen molar-refractivity contribution in [3.05, 3.63) is 24.3 Å². The Hall–Kier alpha value is -1.22. The van der Waals surface area contributed by atoms with Crippen LogP contribution in [0.5, 0.6) is 0 Å². The SMILES string of the molecule is CNc1ccc(N2CCC(N(C)C)CC2)cc1. The summed E-state index contributed by atoms with van der Waals surface area (Å²) in [6, 6.07) is 9.47. The number of rotatable bonds is 3. The van der Waals surface area contributed by atoms with Crippen LogP contribution in [-0.2, 0) is 0 Å². The molecule has 1 N–H and O–H groups in total. The standard InChI is InChI=1S/C14H23N3/c1-15-12-4-6-14(7-5-12)17-10-8-13(9-11-17)16(2)3/h4-7,13,15H,8-11H2,1-3H3. The molecule has 1 fully saturated rings. The van der Waals surface area contributed by atoms with Gasteiger partial charge in [-0.05, 0) is 51.2 Å². The Morgan fingerprint density at radius 2 is 1.71 bits per heavy atom. The number of benzene rings is 1. The van der Waals surface area contributed by atoms with Gasteiger partial charge in [0.1, 0.15) is 0 Å². The lowest BCUT2D eigenvalue weighted by Crippen LogP contribution is -2.41. The maximum Gasteiger partial charge on any atom is 0.0367 e. The second-order valence-corrected chi connectivity index (χ2v) is 4.98. The van der Waals surface area contributed by atoms with Crippen molar-refractivity contribution < 1.29 is 0 Å². The molecule has 1 aliphatic rings. The molecular formula is C14H23N3. The molecule has 17 heavy (non-hydrogen) atoms. The number of nitrogens with one attached hydrogen (secondary N) is 1. The van der Waals surface area contributed by atoms with Crippen LogP contribution in [-0.4, -0.2) is 45.2 Å². The van der Waals surface area contributed by atoms with Crippen LogP contribution in [0, 0.1) is 0 Å². The molecule has 0 saturated carbocycles. The Kier molecular flexibility index (Phi) is 3.89. The molecule has 1 aromatic carbocycles. The summed E-state index contributed by atoms with van der Waals surface area (Å²) in [7, 11) is 6.32. The first-order chi connectivity index (χ1) is 8.20. The van der Waals surface area contributed by atoms with Crippen molar-refractivity contribution in [1.82, 2.24) is 4.90 Å². The van der Waals surface area contributed by atoms with Crippen molar-refractivity contribution >= 4 is 11.4 Å². The molecule has 0 unspecified atom stereocenters. The first-order valence-electron chi connectivity index (χ1n) is 6.40. The molecule has 0 spiro atoms. The molecule has 0 aliphatic carbocycles. The summed E-state index contributed by atoms with van der Waals surface area (Å²) in [5.74, 6) is 0. The zero-order valence-electron chi connectivity index (χ0n) is 11.1. The average Bonchev–Trinajstić information content (AvgIpc) is 2.39. The van der Waals surface area contributed by atoms with Crippen LogP contribution in [0.3, 0.4) is 0 Å². The minimum Gasteiger partial charge on any atom is -0.388 e. The minimum absolute atomic E-state index is 0.753. The molecule has 3 heteroatoms. The normalized spacial score (nSPS) is 17.5. The fraction of sp³-hybridized carbons (Fsp3) is 0.571. The van der Waals surface area contributed by atoms with E-state index in [9.17, 15) is 0 Å². The van der Waals surface area contributed by atoms with Crippen molar-refractivity contribution in [3.63, 3.8) is 0 Å². The van der Waals surface area contributed by atoms with Gasteiger partial charge in [-0.1, -0.05) is 0 Å². The van der Waals surface area contributed by atoms with Crippen LogP contribution in [0.15, 0.2) is 24.3 Å². The first-order valence-corrected chi connectivity index (χ1v) is 6.40. The number of hydrogen-bond acceptors (Lipinski definition) is 3. The second-order valence-electron chi connectivity index (χ2n) is 4.98. The van der Waals surface area contributed by atoms with Gasteiger partial charge in [0.25, 0.3) is 0 Å². The molecule has 0 bridgehead atoms. The number of hydrogen-bond donors (Lipinski definition) is 1. The highest BCUT2D eigenvalue weighted by Gasteiger charge is 2.20. The topological polar surface area (TPSA) is 18.5 Å². The molecule has 1 heterocycles. The third-order valence-electron chi connectivity index (χ3n) is 3.72. The Morgan fingerprint density at radius 3 is 2.18 bits per heavy atom. The zero-order chi connectivity index (χ0) is 12.3. The van der Waals surface area contributed by atoms with Crippen LogP contribution in [0.25, 0.3) is 0 Å². The van der Waals surface area contributed by atoms with E-state index in [1.54, 1.807) is 0 Å². The van der Waals surface area contributed by atoms with Gasteiger partial charge in [-0.15, -0.1) is 0 Å². The lowest BCUT2D eigenvalue weighted by atomic mass is 10.0. The number of nitrogens with zero attached hydrogens (tertiary/aromatic N) is 2. The number of anilines is 2. The van der Waals surface area contributed by atoms with Gasteiger partial charge in [-0.2, -0.15) is 0 Å². The van der Waals surface area contributed by atoms with E-state index >= 15 is 0 Å².